The van der Waals surface area contributed by atoms with E-state index in [1.54, 1.807) is 6.20 Å². The Morgan fingerprint density at radius 2 is 2.00 bits per heavy atom. The van der Waals surface area contributed by atoms with Gasteiger partial charge in [-0.2, -0.15) is 0 Å². The van der Waals surface area contributed by atoms with Crippen molar-refractivity contribution in [3.05, 3.63) is 36.5 Å². The van der Waals surface area contributed by atoms with Gasteiger partial charge in [-0.25, -0.2) is 4.98 Å². The lowest BCUT2D eigenvalue weighted by molar-refractivity contribution is -0.135. The molecule has 6 heteroatoms. The van der Waals surface area contributed by atoms with E-state index in [0.717, 1.165) is 35.0 Å². The first-order valence-corrected chi connectivity index (χ1v) is 8.20. The molecule has 1 unspecified atom stereocenters. The van der Waals surface area contributed by atoms with Crippen LogP contribution in [-0.2, 0) is 9.59 Å². The number of carbonyl (C=O) groups is 2. The second kappa shape index (κ2) is 4.80. The number of nitrogens with one attached hydrogen (secondary N) is 1. The van der Waals surface area contributed by atoms with E-state index in [0.29, 0.717) is 12.8 Å². The Morgan fingerprint density at radius 1 is 1.12 bits per heavy atom. The van der Waals surface area contributed by atoms with Gasteiger partial charge in [0.2, 0.25) is 11.8 Å². The summed E-state index contributed by atoms with van der Waals surface area (Å²) in [6.07, 6.45) is 2.62. The van der Waals surface area contributed by atoms with E-state index in [-0.39, 0.29) is 11.8 Å². The highest BCUT2D eigenvalue weighted by Crippen LogP contribution is 2.39. The van der Waals surface area contributed by atoms with E-state index in [9.17, 15) is 9.59 Å². The van der Waals surface area contributed by atoms with Gasteiger partial charge in [-0.3, -0.25) is 14.9 Å². The lowest BCUT2D eigenvalue weighted by atomic mass is 10.1. The predicted octanol–water partition coefficient (Wildman–Crippen LogP) is 1.99. The maximum atomic E-state index is 12.4. The number of anilines is 1. The van der Waals surface area contributed by atoms with Crippen LogP contribution in [0.2, 0.25) is 0 Å². The van der Waals surface area contributed by atoms with Crippen LogP contribution in [0.4, 0.5) is 5.69 Å². The van der Waals surface area contributed by atoms with Crippen molar-refractivity contribution in [1.29, 1.82) is 0 Å². The molecule has 3 aromatic rings. The largest absolute Gasteiger partial charge is 0.367 e. The summed E-state index contributed by atoms with van der Waals surface area (Å²) < 4.78 is 2.00. The summed E-state index contributed by atoms with van der Waals surface area (Å²) in [5, 5.41) is 4.66. The number of benzene rings is 1. The molecule has 1 atom stereocenters. The van der Waals surface area contributed by atoms with Gasteiger partial charge in [0.25, 0.3) is 0 Å². The molecule has 0 spiro atoms. The third-order valence-corrected chi connectivity index (χ3v) is 4.87. The number of rotatable bonds is 2. The fourth-order valence-corrected chi connectivity index (χ4v) is 3.70. The molecule has 0 aliphatic carbocycles. The summed E-state index contributed by atoms with van der Waals surface area (Å²) >= 11 is 0. The number of aromatic nitrogens is 2. The lowest BCUT2D eigenvalue weighted by Crippen LogP contribution is -2.41. The van der Waals surface area contributed by atoms with Crippen LogP contribution >= 0.6 is 0 Å². The number of pyridine rings is 1. The first-order valence-electron chi connectivity index (χ1n) is 8.20. The molecule has 2 fully saturated rings. The second-order valence-corrected chi connectivity index (χ2v) is 6.37. The first-order chi connectivity index (χ1) is 11.7. The number of amides is 2. The number of imide groups is 1. The molecule has 2 saturated heterocycles. The average Bonchev–Trinajstić information content (AvgIpc) is 3.38. The van der Waals surface area contributed by atoms with Crippen molar-refractivity contribution in [2.75, 3.05) is 18.0 Å². The molecule has 24 heavy (non-hydrogen) atoms. The van der Waals surface area contributed by atoms with Gasteiger partial charge in [0.1, 0.15) is 11.7 Å². The van der Waals surface area contributed by atoms with Gasteiger partial charge in [0.05, 0.1) is 5.52 Å². The van der Waals surface area contributed by atoms with Crippen LogP contribution in [0.5, 0.6) is 0 Å². The van der Waals surface area contributed by atoms with Crippen molar-refractivity contribution in [3.63, 3.8) is 0 Å². The summed E-state index contributed by atoms with van der Waals surface area (Å²) in [5.41, 5.74) is 3.00. The SMILES string of the molecule is O=C1CCC(n2c3cccc(N4CC4)c3c3cccnc32)C(=O)N1. The van der Waals surface area contributed by atoms with Crippen molar-refractivity contribution in [3.8, 4) is 0 Å². The quantitative estimate of drug-likeness (QED) is 0.579. The molecule has 0 radical (unpaired) electrons. The molecule has 0 bridgehead atoms. The highest BCUT2D eigenvalue weighted by Gasteiger charge is 2.32. The van der Waals surface area contributed by atoms with E-state index in [1.165, 1.54) is 5.69 Å². The van der Waals surface area contributed by atoms with Crippen LogP contribution in [0.25, 0.3) is 21.9 Å². The molecule has 2 aliphatic heterocycles. The Bertz CT molecular complexity index is 1000. The van der Waals surface area contributed by atoms with Gasteiger partial charge in [0.15, 0.2) is 0 Å². The molecule has 2 aliphatic rings. The van der Waals surface area contributed by atoms with E-state index in [1.807, 2.05) is 22.8 Å². The number of nitrogens with zero attached hydrogens (tertiary/aromatic N) is 3. The van der Waals surface area contributed by atoms with Crippen LogP contribution in [0.15, 0.2) is 36.5 Å². The van der Waals surface area contributed by atoms with E-state index in [2.05, 4.69) is 27.3 Å². The fourth-order valence-electron chi connectivity index (χ4n) is 3.70. The molecule has 2 aromatic heterocycles. The van der Waals surface area contributed by atoms with Crippen LogP contribution < -0.4 is 10.2 Å². The molecule has 1 N–H and O–H groups in total. The Balaban J connectivity index is 1.82. The zero-order valence-corrected chi connectivity index (χ0v) is 13.0. The van der Waals surface area contributed by atoms with E-state index in [4.69, 9.17) is 0 Å². The minimum atomic E-state index is -0.401. The predicted molar refractivity (Wildman–Crippen MR) is 90.9 cm³/mol. The van der Waals surface area contributed by atoms with Gasteiger partial charge in [-0.15, -0.1) is 0 Å². The van der Waals surface area contributed by atoms with Crippen LogP contribution in [0, 0.1) is 0 Å². The van der Waals surface area contributed by atoms with E-state index >= 15 is 0 Å². The van der Waals surface area contributed by atoms with Crippen LogP contribution in [-0.4, -0.2) is 34.5 Å². The Hall–Kier alpha value is -2.89. The second-order valence-electron chi connectivity index (χ2n) is 6.37. The van der Waals surface area contributed by atoms with E-state index < -0.39 is 6.04 Å². The molecular formula is C18H16N4O2. The van der Waals surface area contributed by atoms with Gasteiger partial charge in [-0.1, -0.05) is 6.07 Å². The third-order valence-electron chi connectivity index (χ3n) is 4.87. The summed E-state index contributed by atoms with van der Waals surface area (Å²) in [4.78, 5) is 30.8. The Labute approximate surface area is 138 Å². The third kappa shape index (κ3) is 1.86. The highest BCUT2D eigenvalue weighted by atomic mass is 16.2. The minimum Gasteiger partial charge on any atom is -0.367 e. The van der Waals surface area contributed by atoms with Gasteiger partial charge < -0.3 is 9.47 Å². The molecule has 6 nitrogen and oxygen atoms in total. The number of hydrogen-bond donors (Lipinski definition) is 1. The Kier molecular flexibility index (Phi) is 2.71. The minimum absolute atomic E-state index is 0.199. The smallest absolute Gasteiger partial charge is 0.249 e. The van der Waals surface area contributed by atoms with Gasteiger partial charge in [-0.05, 0) is 30.7 Å². The zero-order valence-electron chi connectivity index (χ0n) is 13.0. The Morgan fingerprint density at radius 3 is 2.79 bits per heavy atom. The van der Waals surface area contributed by atoms with Crippen molar-refractivity contribution < 1.29 is 9.59 Å². The van der Waals surface area contributed by atoms with Crippen molar-refractivity contribution in [2.45, 2.75) is 18.9 Å². The maximum Gasteiger partial charge on any atom is 0.249 e. The molecule has 1 aromatic carbocycles. The molecule has 2 amide bonds. The summed E-state index contributed by atoms with van der Waals surface area (Å²) in [6.45, 7) is 2.12. The molecule has 120 valence electrons. The maximum absolute atomic E-state index is 12.4. The standard InChI is InChI=1S/C18H16N4O2/c23-15-7-6-14(18(24)20-15)22-13-5-1-4-12(21-9-10-21)16(13)11-3-2-8-19-17(11)22/h1-5,8,14H,6-7,9-10H2,(H,20,23,24). The summed E-state index contributed by atoms with van der Waals surface area (Å²) in [6, 6.07) is 9.76. The number of fused-ring (bicyclic) bond motifs is 3. The van der Waals surface area contributed by atoms with Crippen LogP contribution in [0.1, 0.15) is 18.9 Å². The number of hydrogen-bond acceptors (Lipinski definition) is 4. The number of piperidine rings is 1. The summed E-state index contributed by atoms with van der Waals surface area (Å²) in [5.74, 6) is -0.442. The zero-order chi connectivity index (χ0) is 16.3. The molecular weight excluding hydrogens is 304 g/mol. The van der Waals surface area contributed by atoms with Crippen molar-refractivity contribution in [2.24, 2.45) is 0 Å². The highest BCUT2D eigenvalue weighted by molar-refractivity contribution is 6.14. The normalized spacial score (nSPS) is 20.7. The average molecular weight is 320 g/mol. The van der Waals surface area contributed by atoms with Crippen molar-refractivity contribution >= 4 is 39.4 Å². The molecule has 5 rings (SSSR count). The summed E-state index contributed by atoms with van der Waals surface area (Å²) in [7, 11) is 0. The molecule has 0 saturated carbocycles. The molecule has 4 heterocycles. The van der Waals surface area contributed by atoms with Crippen molar-refractivity contribution in [1.82, 2.24) is 14.9 Å². The fraction of sp³-hybridized carbons (Fsp3) is 0.278. The lowest BCUT2D eigenvalue weighted by Gasteiger charge is -2.23. The van der Waals surface area contributed by atoms with Crippen LogP contribution in [0.3, 0.4) is 0 Å². The van der Waals surface area contributed by atoms with Gasteiger partial charge >= 0.3 is 0 Å². The first kappa shape index (κ1) is 13.5. The monoisotopic (exact) mass is 320 g/mol. The topological polar surface area (TPSA) is 67.0 Å². The van der Waals surface area contributed by atoms with Gasteiger partial charge in [0, 0.05) is 42.2 Å². The number of carbonyl (C=O) groups excluding carboxylic acids is 2.